The molecular formula is C25H25F2N3O2. The number of hydrogen-bond donors (Lipinski definition) is 0. The van der Waals surface area contributed by atoms with E-state index < -0.39 is 11.6 Å². The second-order valence-electron chi connectivity index (χ2n) is 7.97. The Labute approximate surface area is 186 Å². The third-order valence-corrected chi connectivity index (χ3v) is 5.81. The Balaban J connectivity index is 1.59. The van der Waals surface area contributed by atoms with Crippen molar-refractivity contribution in [3.05, 3.63) is 83.0 Å². The molecule has 1 amide bonds. The number of aromatic nitrogens is 2. The molecule has 3 aromatic rings. The smallest absolute Gasteiger partial charge is 0.250 e. The number of carbonyl (C=O) groups excluding carboxylic acids is 1. The summed E-state index contributed by atoms with van der Waals surface area (Å²) in [5, 5.41) is 0. The zero-order valence-corrected chi connectivity index (χ0v) is 18.3. The first-order valence-electron chi connectivity index (χ1n) is 10.5. The average Bonchev–Trinajstić information content (AvgIpc) is 3.22. The van der Waals surface area contributed by atoms with Gasteiger partial charge in [-0.1, -0.05) is 12.1 Å². The number of likely N-dealkylation sites (tertiary alicyclic amines) is 1. The van der Waals surface area contributed by atoms with Gasteiger partial charge in [-0.05, 0) is 68.2 Å². The Bertz CT molecular complexity index is 1190. The first-order valence-corrected chi connectivity index (χ1v) is 10.5. The van der Waals surface area contributed by atoms with Crippen LogP contribution >= 0.6 is 0 Å². The Kier molecular flexibility index (Phi) is 6.08. The molecule has 5 nitrogen and oxygen atoms in total. The summed E-state index contributed by atoms with van der Waals surface area (Å²) in [5.74, 6) is -1.22. The van der Waals surface area contributed by atoms with Crippen LogP contribution in [0, 0.1) is 18.6 Å². The van der Waals surface area contributed by atoms with Crippen molar-refractivity contribution < 1.29 is 18.3 Å². The van der Waals surface area contributed by atoms with E-state index in [1.807, 2.05) is 48.9 Å². The maximum Gasteiger partial charge on any atom is 0.250 e. The lowest BCUT2D eigenvalue weighted by atomic mass is 9.97. The number of nitrogens with zero attached hydrogens (tertiary/aromatic N) is 3. The second-order valence-corrected chi connectivity index (χ2v) is 7.97. The summed E-state index contributed by atoms with van der Waals surface area (Å²) in [6.45, 7) is 4.32. The molecule has 0 aliphatic carbocycles. The SMILES string of the molecule is COc1cc(/C=C2\CCCN([C@@H](C)c3ccc(F)c(F)c3)C2=O)ccc1-n1cnc(C)c1. The molecule has 0 radical (unpaired) electrons. The Hall–Kier alpha value is -3.48. The second kappa shape index (κ2) is 8.94. The number of piperidine rings is 1. The summed E-state index contributed by atoms with van der Waals surface area (Å²) < 4.78 is 34.4. The summed E-state index contributed by atoms with van der Waals surface area (Å²) in [6, 6.07) is 9.18. The molecule has 1 atom stereocenters. The van der Waals surface area contributed by atoms with E-state index >= 15 is 0 Å². The highest BCUT2D eigenvalue weighted by Crippen LogP contribution is 2.31. The summed E-state index contributed by atoms with van der Waals surface area (Å²) in [7, 11) is 1.61. The van der Waals surface area contributed by atoms with Gasteiger partial charge >= 0.3 is 0 Å². The number of rotatable bonds is 5. The monoisotopic (exact) mass is 437 g/mol. The highest BCUT2D eigenvalue weighted by atomic mass is 19.2. The molecule has 1 aliphatic rings. The van der Waals surface area contributed by atoms with Gasteiger partial charge in [-0.15, -0.1) is 0 Å². The number of methoxy groups -OCH3 is 1. The molecule has 1 saturated heterocycles. The number of halogens is 2. The largest absolute Gasteiger partial charge is 0.495 e. The number of ether oxygens (including phenoxy) is 1. The van der Waals surface area contributed by atoms with Crippen LogP contribution in [0.15, 0.2) is 54.5 Å². The van der Waals surface area contributed by atoms with Gasteiger partial charge in [-0.2, -0.15) is 0 Å². The predicted octanol–water partition coefficient (Wildman–Crippen LogP) is 5.23. The average molecular weight is 437 g/mol. The summed E-state index contributed by atoms with van der Waals surface area (Å²) in [5.41, 5.74) is 3.87. The topological polar surface area (TPSA) is 47.4 Å². The third kappa shape index (κ3) is 4.28. The lowest BCUT2D eigenvalue weighted by molar-refractivity contribution is -0.130. The lowest BCUT2D eigenvalue weighted by Gasteiger charge is -2.34. The molecule has 0 bridgehead atoms. The molecular weight excluding hydrogens is 412 g/mol. The molecule has 32 heavy (non-hydrogen) atoms. The van der Waals surface area contributed by atoms with Crippen LogP contribution in [0.5, 0.6) is 5.75 Å². The summed E-state index contributed by atoms with van der Waals surface area (Å²) in [6.07, 6.45) is 6.98. The van der Waals surface area contributed by atoms with Crippen molar-refractivity contribution in [3.63, 3.8) is 0 Å². The number of aryl methyl sites for hydroxylation is 1. The van der Waals surface area contributed by atoms with E-state index in [0.29, 0.717) is 29.9 Å². The highest BCUT2D eigenvalue weighted by Gasteiger charge is 2.28. The van der Waals surface area contributed by atoms with Crippen LogP contribution in [0.3, 0.4) is 0 Å². The number of hydrogen-bond acceptors (Lipinski definition) is 3. The molecule has 4 rings (SSSR count). The van der Waals surface area contributed by atoms with Crippen molar-refractivity contribution in [1.82, 2.24) is 14.5 Å². The van der Waals surface area contributed by atoms with Gasteiger partial charge in [0.1, 0.15) is 5.75 Å². The van der Waals surface area contributed by atoms with Gasteiger partial charge in [0.25, 0.3) is 0 Å². The van der Waals surface area contributed by atoms with Crippen molar-refractivity contribution in [2.45, 2.75) is 32.7 Å². The van der Waals surface area contributed by atoms with Crippen LogP contribution in [0.1, 0.15) is 42.6 Å². The van der Waals surface area contributed by atoms with Crippen molar-refractivity contribution in [3.8, 4) is 11.4 Å². The molecule has 1 aromatic heterocycles. The van der Waals surface area contributed by atoms with E-state index in [9.17, 15) is 13.6 Å². The quantitative estimate of drug-likeness (QED) is 0.513. The van der Waals surface area contributed by atoms with Gasteiger partial charge in [0.2, 0.25) is 5.91 Å². The molecule has 2 aromatic carbocycles. The van der Waals surface area contributed by atoms with Gasteiger partial charge in [0.05, 0.1) is 30.9 Å². The predicted molar refractivity (Wildman–Crippen MR) is 119 cm³/mol. The van der Waals surface area contributed by atoms with Gasteiger partial charge in [0, 0.05) is 18.3 Å². The fourth-order valence-electron chi connectivity index (χ4n) is 4.04. The van der Waals surface area contributed by atoms with Gasteiger partial charge in [-0.3, -0.25) is 4.79 Å². The van der Waals surface area contributed by atoms with E-state index in [1.165, 1.54) is 6.07 Å². The van der Waals surface area contributed by atoms with Crippen molar-refractivity contribution in [2.75, 3.05) is 13.7 Å². The number of amides is 1. The maximum absolute atomic E-state index is 13.7. The van der Waals surface area contributed by atoms with Crippen molar-refractivity contribution in [2.24, 2.45) is 0 Å². The van der Waals surface area contributed by atoms with Crippen molar-refractivity contribution >= 4 is 12.0 Å². The fraction of sp³-hybridized carbons (Fsp3) is 0.280. The molecule has 0 N–H and O–H groups in total. The standard InChI is InChI=1S/C25H25F2N3O2/c1-16-14-29(15-28-16)23-9-6-18(12-24(23)32-3)11-20-5-4-10-30(25(20)31)17(2)19-7-8-21(26)22(27)13-19/h6-9,11-15,17H,4-5,10H2,1-3H3/b20-11+/t17-/m0/s1. The van der Waals surface area contributed by atoms with E-state index in [2.05, 4.69) is 4.98 Å². The van der Waals surface area contributed by atoms with E-state index in [4.69, 9.17) is 4.74 Å². The summed E-state index contributed by atoms with van der Waals surface area (Å²) in [4.78, 5) is 19.2. The van der Waals surface area contributed by atoms with Gasteiger partial charge in [-0.25, -0.2) is 13.8 Å². The molecule has 0 spiro atoms. The van der Waals surface area contributed by atoms with E-state index in [-0.39, 0.29) is 11.9 Å². The Morgan fingerprint density at radius 3 is 2.66 bits per heavy atom. The molecule has 7 heteroatoms. The summed E-state index contributed by atoms with van der Waals surface area (Å²) >= 11 is 0. The minimum Gasteiger partial charge on any atom is -0.495 e. The molecule has 0 saturated carbocycles. The van der Waals surface area contributed by atoms with Crippen LogP contribution in [0.4, 0.5) is 8.78 Å². The van der Waals surface area contributed by atoms with E-state index in [0.717, 1.165) is 35.5 Å². The zero-order chi connectivity index (χ0) is 22.8. The molecule has 0 unspecified atom stereocenters. The Morgan fingerprint density at radius 1 is 1.16 bits per heavy atom. The zero-order valence-electron chi connectivity index (χ0n) is 18.3. The first kappa shape index (κ1) is 21.7. The number of benzene rings is 2. The molecule has 1 aliphatic heterocycles. The van der Waals surface area contributed by atoms with Crippen LogP contribution in [0.2, 0.25) is 0 Å². The van der Waals surface area contributed by atoms with Crippen LogP contribution in [-0.4, -0.2) is 34.0 Å². The Morgan fingerprint density at radius 2 is 1.97 bits per heavy atom. The third-order valence-electron chi connectivity index (χ3n) is 5.81. The lowest BCUT2D eigenvalue weighted by Crippen LogP contribution is -2.38. The molecule has 166 valence electrons. The normalized spacial score (nSPS) is 16.5. The van der Waals surface area contributed by atoms with Gasteiger partial charge < -0.3 is 14.2 Å². The highest BCUT2D eigenvalue weighted by molar-refractivity contribution is 5.98. The fourth-order valence-corrected chi connectivity index (χ4v) is 4.04. The minimum atomic E-state index is -0.908. The minimum absolute atomic E-state index is 0.0956. The molecule has 2 heterocycles. The number of imidazole rings is 1. The van der Waals surface area contributed by atoms with Crippen molar-refractivity contribution in [1.29, 1.82) is 0 Å². The van der Waals surface area contributed by atoms with E-state index in [1.54, 1.807) is 18.3 Å². The van der Waals surface area contributed by atoms with Gasteiger partial charge in [0.15, 0.2) is 11.6 Å². The number of carbonyl (C=O) groups is 1. The maximum atomic E-state index is 13.7. The van der Waals surface area contributed by atoms with Crippen LogP contribution < -0.4 is 4.74 Å². The van der Waals surface area contributed by atoms with Crippen LogP contribution in [-0.2, 0) is 4.79 Å². The first-order chi connectivity index (χ1) is 15.4. The molecule has 1 fully saturated rings. The van der Waals surface area contributed by atoms with Crippen LogP contribution in [0.25, 0.3) is 11.8 Å².